The van der Waals surface area contributed by atoms with Crippen molar-refractivity contribution < 1.29 is 8.78 Å². The first-order valence-electron chi connectivity index (χ1n) is 5.79. The van der Waals surface area contributed by atoms with E-state index in [1.807, 2.05) is 30.8 Å². The van der Waals surface area contributed by atoms with Crippen LogP contribution in [-0.2, 0) is 6.54 Å². The van der Waals surface area contributed by atoms with Crippen LogP contribution in [0.25, 0.3) is 0 Å². The lowest BCUT2D eigenvalue weighted by Crippen LogP contribution is -2.04. The number of nitrogens with zero attached hydrogens (tertiary/aromatic N) is 2. The fourth-order valence-corrected chi connectivity index (χ4v) is 1.56. The van der Waals surface area contributed by atoms with Crippen LogP contribution in [0.5, 0.6) is 0 Å². The Labute approximate surface area is 104 Å². The highest BCUT2D eigenvalue weighted by atomic mass is 19.2. The van der Waals surface area contributed by atoms with Crippen molar-refractivity contribution in [2.45, 2.75) is 26.4 Å². The molecule has 3 nitrogen and oxygen atoms in total. The molecular formula is C13H15F2N3. The number of hydrogen-bond donors (Lipinski definition) is 1. The van der Waals surface area contributed by atoms with E-state index >= 15 is 0 Å². The predicted octanol–water partition coefficient (Wildman–Crippen LogP) is 3.35. The third-order valence-corrected chi connectivity index (χ3v) is 2.60. The molecule has 2 rings (SSSR count). The van der Waals surface area contributed by atoms with Crippen LogP contribution in [0, 0.1) is 11.6 Å². The third kappa shape index (κ3) is 2.85. The van der Waals surface area contributed by atoms with Gasteiger partial charge < -0.3 is 5.32 Å². The lowest BCUT2D eigenvalue weighted by atomic mass is 10.2. The molecule has 0 amide bonds. The first-order valence-corrected chi connectivity index (χ1v) is 5.79. The van der Waals surface area contributed by atoms with Crippen molar-refractivity contribution in [1.82, 2.24) is 9.78 Å². The maximum absolute atomic E-state index is 13.0. The highest BCUT2D eigenvalue weighted by molar-refractivity contribution is 5.34. The minimum Gasteiger partial charge on any atom is -0.365 e. The Bertz CT molecular complexity index is 535. The van der Waals surface area contributed by atoms with Crippen molar-refractivity contribution in [2.24, 2.45) is 0 Å². The predicted molar refractivity (Wildman–Crippen MR) is 66.3 cm³/mol. The van der Waals surface area contributed by atoms with Crippen LogP contribution in [0.1, 0.15) is 25.5 Å². The number of aromatic nitrogens is 2. The molecule has 1 heterocycles. The summed E-state index contributed by atoms with van der Waals surface area (Å²) in [4.78, 5) is 0. The van der Waals surface area contributed by atoms with Crippen LogP contribution >= 0.6 is 0 Å². The van der Waals surface area contributed by atoms with E-state index in [-0.39, 0.29) is 0 Å². The molecule has 0 saturated carbocycles. The summed E-state index contributed by atoms with van der Waals surface area (Å²) in [5.74, 6) is -0.946. The normalized spacial score (nSPS) is 10.9. The van der Waals surface area contributed by atoms with Gasteiger partial charge in [0.2, 0.25) is 0 Å². The molecule has 5 heteroatoms. The van der Waals surface area contributed by atoms with Gasteiger partial charge in [-0.15, -0.1) is 0 Å². The van der Waals surface area contributed by atoms with E-state index in [0.717, 1.165) is 6.07 Å². The van der Waals surface area contributed by atoms with Crippen LogP contribution in [0.2, 0.25) is 0 Å². The van der Waals surface area contributed by atoms with Gasteiger partial charge in [-0.2, -0.15) is 5.10 Å². The van der Waals surface area contributed by atoms with Crippen LogP contribution < -0.4 is 5.32 Å². The van der Waals surface area contributed by atoms with Crippen molar-refractivity contribution in [1.29, 1.82) is 0 Å². The van der Waals surface area contributed by atoms with Crippen LogP contribution in [0.4, 0.5) is 14.6 Å². The smallest absolute Gasteiger partial charge is 0.159 e. The van der Waals surface area contributed by atoms with Gasteiger partial charge in [-0.1, -0.05) is 6.07 Å². The Morgan fingerprint density at radius 3 is 2.61 bits per heavy atom. The molecule has 0 aliphatic rings. The van der Waals surface area contributed by atoms with E-state index in [9.17, 15) is 8.78 Å². The molecule has 0 aliphatic carbocycles. The highest BCUT2D eigenvalue weighted by Gasteiger charge is 2.04. The van der Waals surface area contributed by atoms with Crippen LogP contribution in [0.15, 0.2) is 30.5 Å². The van der Waals surface area contributed by atoms with Gasteiger partial charge in [0, 0.05) is 24.8 Å². The Balaban J connectivity index is 2.00. The quantitative estimate of drug-likeness (QED) is 0.903. The fourth-order valence-electron chi connectivity index (χ4n) is 1.56. The number of halogens is 2. The number of hydrogen-bond acceptors (Lipinski definition) is 2. The molecular weight excluding hydrogens is 236 g/mol. The molecule has 0 fully saturated rings. The summed E-state index contributed by atoms with van der Waals surface area (Å²) in [6, 6.07) is 6.00. The average molecular weight is 251 g/mol. The molecule has 0 unspecified atom stereocenters. The molecule has 0 radical (unpaired) electrons. The summed E-state index contributed by atoms with van der Waals surface area (Å²) in [5.41, 5.74) is 0.674. The summed E-state index contributed by atoms with van der Waals surface area (Å²) >= 11 is 0. The summed E-state index contributed by atoms with van der Waals surface area (Å²) in [7, 11) is 0. The number of nitrogens with one attached hydrogen (secondary N) is 1. The zero-order chi connectivity index (χ0) is 13.1. The van der Waals surface area contributed by atoms with E-state index < -0.39 is 11.6 Å². The van der Waals surface area contributed by atoms with E-state index in [4.69, 9.17) is 0 Å². The van der Waals surface area contributed by atoms with Crippen molar-refractivity contribution in [3.63, 3.8) is 0 Å². The lowest BCUT2D eigenvalue weighted by Gasteiger charge is -2.05. The molecule has 18 heavy (non-hydrogen) atoms. The number of benzene rings is 1. The van der Waals surface area contributed by atoms with Gasteiger partial charge >= 0.3 is 0 Å². The topological polar surface area (TPSA) is 29.9 Å². The van der Waals surface area contributed by atoms with E-state index in [0.29, 0.717) is 24.0 Å². The molecule has 0 spiro atoms. The molecule has 0 aliphatic heterocycles. The average Bonchev–Trinajstić information content (AvgIpc) is 2.79. The first kappa shape index (κ1) is 12.5. The summed E-state index contributed by atoms with van der Waals surface area (Å²) in [6.07, 6.45) is 1.87. The fraction of sp³-hybridized carbons (Fsp3) is 0.308. The monoisotopic (exact) mass is 251 g/mol. The minimum absolute atomic E-state index is 0.295. The number of anilines is 1. The van der Waals surface area contributed by atoms with Gasteiger partial charge in [0.25, 0.3) is 0 Å². The van der Waals surface area contributed by atoms with Gasteiger partial charge in [-0.05, 0) is 31.5 Å². The second kappa shape index (κ2) is 5.16. The standard InChI is InChI=1S/C13H15F2N3/c1-9(2)18-6-5-13(17-18)16-8-10-3-4-11(14)12(15)7-10/h3-7,9H,8H2,1-2H3,(H,16,17). The van der Waals surface area contributed by atoms with E-state index in [2.05, 4.69) is 10.4 Å². The Morgan fingerprint density at radius 2 is 2.00 bits per heavy atom. The van der Waals surface area contributed by atoms with Crippen molar-refractivity contribution in [3.8, 4) is 0 Å². The van der Waals surface area contributed by atoms with Gasteiger partial charge in [-0.25, -0.2) is 8.78 Å². The Morgan fingerprint density at radius 1 is 1.22 bits per heavy atom. The Hall–Kier alpha value is -1.91. The molecule has 1 aromatic carbocycles. The van der Waals surface area contributed by atoms with Gasteiger partial charge in [0.05, 0.1) is 0 Å². The first-order chi connectivity index (χ1) is 8.56. The minimum atomic E-state index is -0.831. The van der Waals surface area contributed by atoms with Crippen molar-refractivity contribution in [2.75, 3.05) is 5.32 Å². The van der Waals surface area contributed by atoms with Crippen LogP contribution in [0.3, 0.4) is 0 Å². The summed E-state index contributed by atoms with van der Waals surface area (Å²) in [5, 5.41) is 7.36. The second-order valence-electron chi connectivity index (χ2n) is 4.38. The SMILES string of the molecule is CC(C)n1ccc(NCc2ccc(F)c(F)c2)n1. The zero-order valence-corrected chi connectivity index (χ0v) is 10.3. The molecule has 0 atom stereocenters. The Kier molecular flexibility index (Phi) is 3.60. The molecule has 96 valence electrons. The van der Waals surface area contributed by atoms with Gasteiger partial charge in [0.1, 0.15) is 5.82 Å². The van der Waals surface area contributed by atoms with Gasteiger partial charge in [0.15, 0.2) is 11.6 Å². The largest absolute Gasteiger partial charge is 0.365 e. The zero-order valence-electron chi connectivity index (χ0n) is 10.3. The van der Waals surface area contributed by atoms with E-state index in [1.54, 1.807) is 6.07 Å². The maximum Gasteiger partial charge on any atom is 0.159 e. The van der Waals surface area contributed by atoms with Crippen molar-refractivity contribution in [3.05, 3.63) is 47.7 Å². The molecule has 0 bridgehead atoms. The molecule has 0 saturated heterocycles. The molecule has 1 N–H and O–H groups in total. The second-order valence-corrected chi connectivity index (χ2v) is 4.38. The lowest BCUT2D eigenvalue weighted by molar-refractivity contribution is 0.507. The third-order valence-electron chi connectivity index (χ3n) is 2.60. The number of rotatable bonds is 4. The summed E-state index contributed by atoms with van der Waals surface area (Å²) in [6.45, 7) is 4.48. The highest BCUT2D eigenvalue weighted by Crippen LogP contribution is 2.12. The van der Waals surface area contributed by atoms with E-state index in [1.165, 1.54) is 6.07 Å². The molecule has 2 aromatic rings. The summed E-state index contributed by atoms with van der Waals surface area (Å²) < 4.78 is 27.6. The van der Waals surface area contributed by atoms with Crippen LogP contribution in [-0.4, -0.2) is 9.78 Å². The van der Waals surface area contributed by atoms with Gasteiger partial charge in [-0.3, -0.25) is 4.68 Å². The maximum atomic E-state index is 13.0. The molecule has 1 aromatic heterocycles. The van der Waals surface area contributed by atoms with Crippen molar-refractivity contribution >= 4 is 5.82 Å².